The van der Waals surface area contributed by atoms with E-state index in [1.54, 1.807) is 16.6 Å². The summed E-state index contributed by atoms with van der Waals surface area (Å²) in [5.74, 6) is -0.187. The first kappa shape index (κ1) is 15.5. The van der Waals surface area contributed by atoms with Gasteiger partial charge in [-0.2, -0.15) is 9.61 Å². The number of rotatable bonds is 5. The van der Waals surface area contributed by atoms with Crippen molar-refractivity contribution in [2.24, 2.45) is 0 Å². The van der Waals surface area contributed by atoms with Crippen LogP contribution in [0.2, 0.25) is 0 Å². The molecule has 0 bridgehead atoms. The quantitative estimate of drug-likeness (QED) is 0.725. The van der Waals surface area contributed by atoms with Crippen molar-refractivity contribution in [1.29, 1.82) is 0 Å². The lowest BCUT2D eigenvalue weighted by Crippen LogP contribution is -2.15. The molecule has 0 spiro atoms. The summed E-state index contributed by atoms with van der Waals surface area (Å²) in [5, 5.41) is 22.1. The minimum Gasteiger partial charge on any atom is -0.480 e. The first-order valence-corrected chi connectivity index (χ1v) is 8.15. The van der Waals surface area contributed by atoms with E-state index in [1.165, 1.54) is 17.3 Å². The van der Waals surface area contributed by atoms with Gasteiger partial charge in [-0.1, -0.05) is 48.5 Å². The van der Waals surface area contributed by atoms with Gasteiger partial charge in [-0.3, -0.25) is 4.79 Å². The van der Waals surface area contributed by atoms with Crippen LogP contribution >= 0.6 is 11.8 Å². The molecule has 3 aromatic rings. The van der Waals surface area contributed by atoms with E-state index in [9.17, 15) is 9.90 Å². The zero-order valence-electron chi connectivity index (χ0n) is 12.8. The Kier molecular flexibility index (Phi) is 4.29. The third-order valence-electron chi connectivity index (χ3n) is 3.46. The molecule has 0 saturated carbocycles. The number of fused-ring (bicyclic) bond motifs is 1. The average molecular weight is 328 g/mol. The van der Waals surface area contributed by atoms with Crippen molar-refractivity contribution in [3.8, 4) is 11.4 Å². The number of aryl methyl sites for hydroxylation is 1. The van der Waals surface area contributed by atoms with Crippen LogP contribution in [-0.2, 0) is 4.79 Å². The van der Waals surface area contributed by atoms with Crippen LogP contribution < -0.4 is 0 Å². The number of carbonyl (C=O) groups is 1. The maximum atomic E-state index is 11.2. The maximum Gasteiger partial charge on any atom is 0.317 e. The molecule has 3 rings (SSSR count). The van der Waals surface area contributed by atoms with E-state index < -0.39 is 11.2 Å². The minimum atomic E-state index is -0.832. The SMILES string of the molecule is CCC(Sc1ccc2nnc(-c3ccc(C)cc3)n2n1)C(=O)O. The van der Waals surface area contributed by atoms with E-state index in [-0.39, 0.29) is 0 Å². The Balaban J connectivity index is 2.00. The second kappa shape index (κ2) is 6.37. The number of aliphatic carboxylic acids is 1. The van der Waals surface area contributed by atoms with Gasteiger partial charge in [0.25, 0.3) is 0 Å². The molecule has 0 fully saturated rings. The minimum absolute atomic E-state index is 0.515. The van der Waals surface area contributed by atoms with E-state index >= 15 is 0 Å². The molecule has 7 heteroatoms. The number of hydrogen-bond donors (Lipinski definition) is 1. The summed E-state index contributed by atoms with van der Waals surface area (Å²) in [6, 6.07) is 11.5. The first-order valence-electron chi connectivity index (χ1n) is 7.27. The van der Waals surface area contributed by atoms with E-state index in [4.69, 9.17) is 0 Å². The molecule has 1 atom stereocenters. The molecule has 2 heterocycles. The van der Waals surface area contributed by atoms with Gasteiger partial charge in [-0.25, -0.2) is 0 Å². The highest BCUT2D eigenvalue weighted by atomic mass is 32.2. The molecular weight excluding hydrogens is 312 g/mol. The van der Waals surface area contributed by atoms with Crippen molar-refractivity contribution >= 4 is 23.4 Å². The Labute approximate surface area is 137 Å². The number of carboxylic acids is 1. The van der Waals surface area contributed by atoms with Crippen molar-refractivity contribution < 1.29 is 9.90 Å². The van der Waals surface area contributed by atoms with Crippen molar-refractivity contribution in [2.75, 3.05) is 0 Å². The van der Waals surface area contributed by atoms with Crippen LogP contribution in [0.1, 0.15) is 18.9 Å². The molecule has 118 valence electrons. The Morgan fingerprint density at radius 1 is 1.22 bits per heavy atom. The summed E-state index contributed by atoms with van der Waals surface area (Å²) in [5.41, 5.74) is 2.72. The molecule has 6 nitrogen and oxygen atoms in total. The van der Waals surface area contributed by atoms with Crippen LogP contribution in [0.25, 0.3) is 17.0 Å². The Bertz CT molecular complexity index is 845. The molecule has 1 N–H and O–H groups in total. The van der Waals surface area contributed by atoms with Crippen LogP contribution in [0.5, 0.6) is 0 Å². The number of aromatic nitrogens is 4. The van der Waals surface area contributed by atoms with Gasteiger partial charge in [0, 0.05) is 5.56 Å². The summed E-state index contributed by atoms with van der Waals surface area (Å²) in [7, 11) is 0. The van der Waals surface area contributed by atoms with Crippen molar-refractivity contribution in [3.05, 3.63) is 42.0 Å². The number of thioether (sulfide) groups is 1. The fourth-order valence-corrected chi connectivity index (χ4v) is 3.01. The summed E-state index contributed by atoms with van der Waals surface area (Å²) < 4.78 is 1.65. The second-order valence-electron chi connectivity index (χ2n) is 5.18. The van der Waals surface area contributed by atoms with E-state index in [0.29, 0.717) is 22.9 Å². The standard InChI is InChI=1S/C16H16N4O2S/c1-3-12(16(21)22)23-14-9-8-13-17-18-15(20(13)19-14)11-6-4-10(2)5-7-11/h4-9,12H,3H2,1-2H3,(H,21,22). The van der Waals surface area contributed by atoms with Gasteiger partial charge in [0.1, 0.15) is 10.3 Å². The fourth-order valence-electron chi connectivity index (χ4n) is 2.17. The lowest BCUT2D eigenvalue weighted by molar-refractivity contribution is -0.136. The topological polar surface area (TPSA) is 80.4 Å². The summed E-state index contributed by atoms with van der Waals surface area (Å²) >= 11 is 1.23. The fraction of sp³-hybridized carbons (Fsp3) is 0.250. The van der Waals surface area contributed by atoms with Crippen molar-refractivity contribution in [3.63, 3.8) is 0 Å². The number of hydrogen-bond acceptors (Lipinski definition) is 5. The zero-order chi connectivity index (χ0) is 16.4. The van der Waals surface area contributed by atoms with Crippen molar-refractivity contribution in [2.45, 2.75) is 30.5 Å². The van der Waals surface area contributed by atoms with Crippen LogP contribution in [0.15, 0.2) is 41.4 Å². The molecule has 1 aromatic carbocycles. The highest BCUT2D eigenvalue weighted by Gasteiger charge is 2.18. The van der Waals surface area contributed by atoms with Crippen LogP contribution in [0.3, 0.4) is 0 Å². The molecule has 0 aliphatic carbocycles. The Morgan fingerprint density at radius 2 is 1.96 bits per heavy atom. The molecule has 0 aliphatic heterocycles. The predicted molar refractivity (Wildman–Crippen MR) is 88.5 cm³/mol. The van der Waals surface area contributed by atoms with E-state index in [2.05, 4.69) is 15.3 Å². The zero-order valence-corrected chi connectivity index (χ0v) is 13.6. The van der Waals surface area contributed by atoms with Gasteiger partial charge in [-0.15, -0.1) is 10.2 Å². The van der Waals surface area contributed by atoms with Gasteiger partial charge in [0.15, 0.2) is 11.5 Å². The lowest BCUT2D eigenvalue weighted by atomic mass is 10.1. The molecule has 0 aliphatic rings. The molecular formula is C16H16N4O2S. The molecule has 0 amide bonds. The predicted octanol–water partition coefficient (Wildman–Crippen LogP) is 3.06. The largest absolute Gasteiger partial charge is 0.480 e. The Morgan fingerprint density at radius 3 is 2.61 bits per heavy atom. The maximum absolute atomic E-state index is 11.2. The van der Waals surface area contributed by atoms with Gasteiger partial charge < -0.3 is 5.11 Å². The highest BCUT2D eigenvalue weighted by molar-refractivity contribution is 8.00. The number of benzene rings is 1. The summed E-state index contributed by atoms with van der Waals surface area (Å²) in [4.78, 5) is 11.2. The smallest absolute Gasteiger partial charge is 0.317 e. The van der Waals surface area contributed by atoms with Gasteiger partial charge in [0.2, 0.25) is 0 Å². The van der Waals surface area contributed by atoms with Gasteiger partial charge in [0.05, 0.1) is 0 Å². The summed E-state index contributed by atoms with van der Waals surface area (Å²) in [6.07, 6.45) is 0.534. The third kappa shape index (κ3) is 3.19. The van der Waals surface area contributed by atoms with Crippen LogP contribution in [-0.4, -0.2) is 36.1 Å². The Hall–Kier alpha value is -2.41. The van der Waals surface area contributed by atoms with Crippen LogP contribution in [0, 0.1) is 6.92 Å². The molecule has 2 aromatic heterocycles. The first-order chi connectivity index (χ1) is 11.1. The normalized spacial score (nSPS) is 12.4. The second-order valence-corrected chi connectivity index (χ2v) is 6.41. The molecule has 0 saturated heterocycles. The van der Waals surface area contributed by atoms with Gasteiger partial charge in [-0.05, 0) is 25.5 Å². The van der Waals surface area contributed by atoms with Crippen molar-refractivity contribution in [1.82, 2.24) is 19.8 Å². The average Bonchev–Trinajstić information content (AvgIpc) is 2.96. The summed E-state index contributed by atoms with van der Waals surface area (Å²) in [6.45, 7) is 3.87. The number of carboxylic acid groups (broad SMARTS) is 1. The molecule has 1 unspecified atom stereocenters. The third-order valence-corrected chi connectivity index (χ3v) is 4.74. The number of nitrogens with zero attached hydrogens (tertiary/aromatic N) is 4. The van der Waals surface area contributed by atoms with Gasteiger partial charge >= 0.3 is 5.97 Å². The van der Waals surface area contributed by atoms with Crippen LogP contribution in [0.4, 0.5) is 0 Å². The highest BCUT2D eigenvalue weighted by Crippen LogP contribution is 2.25. The van der Waals surface area contributed by atoms with E-state index in [0.717, 1.165) is 5.56 Å². The van der Waals surface area contributed by atoms with E-state index in [1.807, 2.05) is 38.1 Å². The monoisotopic (exact) mass is 328 g/mol. The lowest BCUT2D eigenvalue weighted by Gasteiger charge is -2.08. The molecule has 23 heavy (non-hydrogen) atoms. The molecule has 0 radical (unpaired) electrons.